The fraction of sp³-hybridized carbons (Fsp3) is 0.750. The molecule has 58 heavy (non-hydrogen) atoms. The summed E-state index contributed by atoms with van der Waals surface area (Å²) in [5.74, 6) is -1.78. The van der Waals surface area contributed by atoms with Crippen LogP contribution < -0.4 is 16.0 Å². The van der Waals surface area contributed by atoms with Crippen LogP contribution >= 0.6 is 0 Å². The summed E-state index contributed by atoms with van der Waals surface area (Å²) in [7, 11) is 6.83. The quantitative estimate of drug-likeness (QED) is 0.192. The fourth-order valence-corrected chi connectivity index (χ4v) is 9.18. The van der Waals surface area contributed by atoms with E-state index in [0.29, 0.717) is 45.6 Å². The highest BCUT2D eigenvalue weighted by molar-refractivity contribution is 5.92. The Hall–Kier alpha value is -3.59. The van der Waals surface area contributed by atoms with Crippen molar-refractivity contribution >= 4 is 29.5 Å². The second-order valence-corrected chi connectivity index (χ2v) is 17.4. The van der Waals surface area contributed by atoms with E-state index in [-0.39, 0.29) is 53.8 Å². The van der Waals surface area contributed by atoms with E-state index in [0.717, 1.165) is 37.8 Å². The minimum atomic E-state index is -0.749. The Morgan fingerprint density at radius 3 is 2.19 bits per heavy atom. The van der Waals surface area contributed by atoms with Gasteiger partial charge in [0.15, 0.2) is 0 Å². The standard InChI is InChI=1S/C44H73N7O7/c1-11-30(4)38(49(8)42(55)37(29(2)3)47-43(56)44(6)20-16-23-48(44)7)35(57-9)28-36(52)51-24-15-19-34(51)39(58-10)31(5)40(53)46-33(27-32-17-13-12-14-18-32)41(54)50-25-21-45-22-26-50/h12-14,17-18,29-31,33-35,37-39,45H,11,15-16,19-28H2,1-10H3,(H,46,53)(H,47,56)/t30-,31+,33-,34-,35+,37-,38-,39+,44-/m0/s1. The number of benzene rings is 1. The third-order valence-corrected chi connectivity index (χ3v) is 13.3. The van der Waals surface area contributed by atoms with Gasteiger partial charge < -0.3 is 40.1 Å². The molecule has 0 bridgehead atoms. The minimum Gasteiger partial charge on any atom is -0.379 e. The molecule has 0 radical (unpaired) electrons. The Morgan fingerprint density at radius 2 is 1.62 bits per heavy atom. The summed E-state index contributed by atoms with van der Waals surface area (Å²) in [4.78, 5) is 77.5. The number of carbonyl (C=O) groups is 5. The van der Waals surface area contributed by atoms with Gasteiger partial charge >= 0.3 is 0 Å². The summed E-state index contributed by atoms with van der Waals surface area (Å²) in [6.45, 7) is 15.6. The Kier molecular flexibility index (Phi) is 17.5. The molecule has 0 aliphatic carbocycles. The van der Waals surface area contributed by atoms with Crippen LogP contribution in [0.5, 0.6) is 0 Å². The van der Waals surface area contributed by atoms with Crippen LogP contribution in [0.25, 0.3) is 0 Å². The molecule has 14 heteroatoms. The Morgan fingerprint density at radius 1 is 0.948 bits per heavy atom. The molecule has 3 aliphatic heterocycles. The third-order valence-electron chi connectivity index (χ3n) is 13.3. The zero-order valence-electron chi connectivity index (χ0n) is 36.9. The minimum absolute atomic E-state index is 0.0220. The van der Waals surface area contributed by atoms with Crippen LogP contribution in [-0.2, 0) is 39.9 Å². The maximum atomic E-state index is 14.4. The predicted molar refractivity (Wildman–Crippen MR) is 225 cm³/mol. The smallest absolute Gasteiger partial charge is 0.245 e. The van der Waals surface area contributed by atoms with Crippen molar-refractivity contribution in [1.29, 1.82) is 0 Å². The highest BCUT2D eigenvalue weighted by Crippen LogP contribution is 2.31. The zero-order valence-corrected chi connectivity index (χ0v) is 36.9. The van der Waals surface area contributed by atoms with E-state index in [1.807, 2.05) is 68.0 Å². The zero-order chi connectivity index (χ0) is 42.7. The van der Waals surface area contributed by atoms with Gasteiger partial charge in [0.25, 0.3) is 0 Å². The lowest BCUT2D eigenvalue weighted by atomic mass is 9.89. The lowest BCUT2D eigenvalue weighted by Gasteiger charge is -2.41. The van der Waals surface area contributed by atoms with Crippen molar-refractivity contribution in [2.75, 3.05) is 67.6 Å². The second-order valence-electron chi connectivity index (χ2n) is 17.4. The highest BCUT2D eigenvalue weighted by Gasteiger charge is 2.46. The summed E-state index contributed by atoms with van der Waals surface area (Å²) >= 11 is 0. The molecule has 9 atom stereocenters. The van der Waals surface area contributed by atoms with E-state index in [1.165, 1.54) is 0 Å². The van der Waals surface area contributed by atoms with E-state index < -0.39 is 41.8 Å². The second kappa shape index (κ2) is 21.6. The van der Waals surface area contributed by atoms with E-state index in [9.17, 15) is 24.0 Å². The number of methoxy groups -OCH3 is 2. The molecular weight excluding hydrogens is 739 g/mol. The van der Waals surface area contributed by atoms with Crippen LogP contribution in [0.1, 0.15) is 85.6 Å². The SMILES string of the molecule is CC[C@H](C)[C@@H]([C@@H](CC(=O)N1CCC[C@H]1[C@H](OC)[C@@H](C)C(=O)N[C@@H](Cc1ccccc1)C(=O)N1CCNCC1)OC)N(C)C(=O)[C@@H](NC(=O)[C@]1(C)CCCN1C)C(C)C. The van der Waals surface area contributed by atoms with Crippen LogP contribution in [0.15, 0.2) is 30.3 Å². The molecule has 3 fully saturated rings. The number of piperazine rings is 1. The monoisotopic (exact) mass is 812 g/mol. The predicted octanol–water partition coefficient (Wildman–Crippen LogP) is 2.69. The van der Waals surface area contributed by atoms with Crippen molar-refractivity contribution in [2.45, 2.75) is 128 Å². The van der Waals surface area contributed by atoms with Crippen LogP contribution in [0, 0.1) is 17.8 Å². The molecule has 4 rings (SSSR count). The molecule has 3 saturated heterocycles. The number of nitrogens with one attached hydrogen (secondary N) is 3. The maximum Gasteiger partial charge on any atom is 0.245 e. The van der Waals surface area contributed by atoms with Crippen molar-refractivity contribution in [2.24, 2.45) is 17.8 Å². The van der Waals surface area contributed by atoms with Gasteiger partial charge in [-0.05, 0) is 63.6 Å². The average Bonchev–Trinajstić information content (AvgIpc) is 3.85. The number of nitrogens with zero attached hydrogens (tertiary/aromatic N) is 4. The van der Waals surface area contributed by atoms with Gasteiger partial charge in [0.2, 0.25) is 29.5 Å². The number of amides is 5. The summed E-state index contributed by atoms with van der Waals surface area (Å²) in [5.41, 5.74) is 0.270. The Labute approximate surface area is 347 Å². The van der Waals surface area contributed by atoms with Gasteiger partial charge in [-0.2, -0.15) is 0 Å². The van der Waals surface area contributed by atoms with Gasteiger partial charge in [-0.3, -0.25) is 28.9 Å². The van der Waals surface area contributed by atoms with E-state index in [4.69, 9.17) is 9.47 Å². The molecule has 3 N–H and O–H groups in total. The first-order valence-corrected chi connectivity index (χ1v) is 21.6. The number of rotatable bonds is 19. The first kappa shape index (κ1) is 47.1. The molecule has 3 heterocycles. The van der Waals surface area contributed by atoms with Crippen LogP contribution in [-0.4, -0.2) is 159 Å². The molecule has 14 nitrogen and oxygen atoms in total. The summed E-state index contributed by atoms with van der Waals surface area (Å²) < 4.78 is 12.1. The molecule has 0 aromatic heterocycles. The van der Waals surface area contributed by atoms with Crippen molar-refractivity contribution < 1.29 is 33.4 Å². The summed E-state index contributed by atoms with van der Waals surface area (Å²) in [6.07, 6.45) is 2.93. The molecule has 326 valence electrons. The topological polar surface area (TPSA) is 153 Å². The molecule has 3 aliphatic rings. The summed E-state index contributed by atoms with van der Waals surface area (Å²) in [6, 6.07) is 7.36. The summed E-state index contributed by atoms with van der Waals surface area (Å²) in [5, 5.41) is 9.45. The number of ether oxygens (including phenoxy) is 2. The lowest BCUT2D eigenvalue weighted by molar-refractivity contribution is -0.148. The number of hydrogen-bond acceptors (Lipinski definition) is 9. The number of carbonyl (C=O) groups excluding carboxylic acids is 5. The molecule has 0 spiro atoms. The molecular formula is C44H73N7O7. The number of likely N-dealkylation sites (tertiary alicyclic amines) is 2. The molecule has 1 aromatic carbocycles. The van der Waals surface area contributed by atoms with Crippen molar-refractivity contribution in [3.05, 3.63) is 35.9 Å². The van der Waals surface area contributed by atoms with Crippen molar-refractivity contribution in [1.82, 2.24) is 35.6 Å². The normalized spacial score (nSPS) is 23.7. The lowest BCUT2D eigenvalue weighted by Crippen LogP contribution is -2.61. The Balaban J connectivity index is 1.48. The highest BCUT2D eigenvalue weighted by atomic mass is 16.5. The van der Waals surface area contributed by atoms with Crippen molar-refractivity contribution in [3.8, 4) is 0 Å². The van der Waals surface area contributed by atoms with E-state index in [2.05, 4.69) is 29.8 Å². The Bertz CT molecular complexity index is 1520. The van der Waals surface area contributed by atoms with Crippen LogP contribution in [0.2, 0.25) is 0 Å². The third kappa shape index (κ3) is 11.2. The first-order chi connectivity index (χ1) is 27.6. The van der Waals surface area contributed by atoms with Crippen LogP contribution in [0.3, 0.4) is 0 Å². The number of hydrogen-bond donors (Lipinski definition) is 3. The van der Waals surface area contributed by atoms with Gasteiger partial charge in [0.1, 0.15) is 12.1 Å². The number of likely N-dealkylation sites (N-methyl/N-ethyl adjacent to an activating group) is 2. The van der Waals surface area contributed by atoms with E-state index >= 15 is 0 Å². The van der Waals surface area contributed by atoms with Crippen LogP contribution in [0.4, 0.5) is 0 Å². The van der Waals surface area contributed by atoms with Gasteiger partial charge in [0.05, 0.1) is 42.2 Å². The fourth-order valence-electron chi connectivity index (χ4n) is 9.18. The van der Waals surface area contributed by atoms with Gasteiger partial charge in [-0.1, -0.05) is 71.4 Å². The maximum absolute atomic E-state index is 14.4. The van der Waals surface area contributed by atoms with Crippen molar-refractivity contribution in [3.63, 3.8) is 0 Å². The molecule has 0 saturated carbocycles. The molecule has 5 amide bonds. The van der Waals surface area contributed by atoms with Gasteiger partial charge in [0, 0.05) is 60.4 Å². The largest absolute Gasteiger partial charge is 0.379 e. The van der Waals surface area contributed by atoms with Gasteiger partial charge in [-0.15, -0.1) is 0 Å². The first-order valence-electron chi connectivity index (χ1n) is 21.6. The molecule has 1 aromatic rings. The molecule has 0 unspecified atom stereocenters. The van der Waals surface area contributed by atoms with E-state index in [1.54, 1.807) is 38.0 Å². The van der Waals surface area contributed by atoms with Gasteiger partial charge in [-0.25, -0.2) is 0 Å². The average molecular weight is 812 g/mol.